The Bertz CT molecular complexity index is 630. The molecule has 0 bridgehead atoms. The van der Waals surface area contributed by atoms with Crippen LogP contribution < -0.4 is 0 Å². The molecular weight excluding hydrogens is 294 g/mol. The van der Waals surface area contributed by atoms with Crippen LogP contribution >= 0.6 is 0 Å². The van der Waals surface area contributed by atoms with Gasteiger partial charge in [-0.3, -0.25) is 4.79 Å². The van der Waals surface area contributed by atoms with Crippen molar-refractivity contribution in [1.29, 1.82) is 0 Å². The summed E-state index contributed by atoms with van der Waals surface area (Å²) in [6.45, 7) is 2.13. The van der Waals surface area contributed by atoms with Crippen molar-refractivity contribution in [3.05, 3.63) is 83.9 Å². The van der Waals surface area contributed by atoms with Crippen molar-refractivity contribution in [2.24, 2.45) is 0 Å². The second kappa shape index (κ2) is 7.96. The van der Waals surface area contributed by atoms with Crippen LogP contribution in [0.3, 0.4) is 0 Å². The first-order valence-corrected chi connectivity index (χ1v) is 8.90. The van der Waals surface area contributed by atoms with Gasteiger partial charge >= 0.3 is 0 Å². The third-order valence-electron chi connectivity index (χ3n) is 4.72. The highest BCUT2D eigenvalue weighted by Gasteiger charge is 2.37. The minimum Gasteiger partial charge on any atom is -0.325 e. The lowest BCUT2D eigenvalue weighted by molar-refractivity contribution is -0.129. The van der Waals surface area contributed by atoms with E-state index in [0.29, 0.717) is 0 Å². The van der Waals surface area contributed by atoms with E-state index in [0.717, 1.165) is 25.7 Å². The van der Waals surface area contributed by atoms with Gasteiger partial charge in [-0.2, -0.15) is 0 Å². The van der Waals surface area contributed by atoms with Gasteiger partial charge in [-0.1, -0.05) is 80.1 Å². The van der Waals surface area contributed by atoms with Crippen molar-refractivity contribution in [2.45, 2.75) is 44.7 Å². The molecule has 1 heterocycles. The monoisotopic (exact) mass is 319 g/mol. The highest BCUT2D eigenvalue weighted by atomic mass is 16.2. The SMILES string of the molecule is CCC/C=C/C(=O)N1[C@H](c2ccccc2)CC[C@H]1c1ccccc1. The molecule has 0 spiro atoms. The summed E-state index contributed by atoms with van der Waals surface area (Å²) in [7, 11) is 0. The molecule has 2 atom stereocenters. The molecule has 2 nitrogen and oxygen atoms in total. The van der Waals surface area contributed by atoms with Gasteiger partial charge in [0, 0.05) is 0 Å². The number of allylic oxidation sites excluding steroid dienone is 1. The summed E-state index contributed by atoms with van der Waals surface area (Å²) >= 11 is 0. The minimum atomic E-state index is 0.128. The fourth-order valence-electron chi connectivity index (χ4n) is 3.56. The largest absolute Gasteiger partial charge is 0.325 e. The lowest BCUT2D eigenvalue weighted by Crippen LogP contribution is -2.31. The van der Waals surface area contributed by atoms with E-state index in [9.17, 15) is 4.79 Å². The second-order valence-corrected chi connectivity index (χ2v) is 6.37. The van der Waals surface area contributed by atoms with E-state index in [1.54, 1.807) is 6.08 Å². The Kier molecular flexibility index (Phi) is 5.47. The van der Waals surface area contributed by atoms with Crippen LogP contribution in [0.2, 0.25) is 0 Å². The Hall–Kier alpha value is -2.35. The predicted molar refractivity (Wildman–Crippen MR) is 98.5 cm³/mol. The number of benzene rings is 2. The number of unbranched alkanes of at least 4 members (excludes halogenated alkanes) is 1. The number of hydrogen-bond acceptors (Lipinski definition) is 1. The highest BCUT2D eigenvalue weighted by Crippen LogP contribution is 2.44. The van der Waals surface area contributed by atoms with Crippen LogP contribution in [0.25, 0.3) is 0 Å². The molecule has 2 heteroatoms. The molecule has 0 saturated carbocycles. The van der Waals surface area contributed by atoms with Crippen LogP contribution in [-0.2, 0) is 4.79 Å². The molecule has 0 radical (unpaired) electrons. The standard InChI is InChI=1S/C22H25NO/c1-2-3-6-15-22(24)23-20(18-11-7-4-8-12-18)16-17-21(23)19-13-9-5-10-14-19/h4-15,20-21H,2-3,16-17H2,1H3/b15-6+/t20-,21-/m0/s1. The van der Waals surface area contributed by atoms with Gasteiger partial charge in [-0.05, 0) is 36.5 Å². The molecule has 1 amide bonds. The van der Waals surface area contributed by atoms with Crippen LogP contribution in [0, 0.1) is 0 Å². The summed E-state index contributed by atoms with van der Waals surface area (Å²) in [6, 6.07) is 21.1. The lowest BCUT2D eigenvalue weighted by atomic mass is 10.0. The molecule has 2 aromatic carbocycles. The number of rotatable bonds is 5. The van der Waals surface area contributed by atoms with Crippen molar-refractivity contribution < 1.29 is 4.79 Å². The van der Waals surface area contributed by atoms with E-state index in [1.165, 1.54) is 11.1 Å². The molecule has 124 valence electrons. The van der Waals surface area contributed by atoms with Crippen LogP contribution in [-0.4, -0.2) is 10.8 Å². The van der Waals surface area contributed by atoms with Crippen LogP contribution in [0.4, 0.5) is 0 Å². The smallest absolute Gasteiger partial charge is 0.247 e. The summed E-state index contributed by atoms with van der Waals surface area (Å²) < 4.78 is 0. The second-order valence-electron chi connectivity index (χ2n) is 6.37. The molecule has 0 unspecified atom stereocenters. The number of nitrogens with zero attached hydrogens (tertiary/aromatic N) is 1. The van der Waals surface area contributed by atoms with E-state index in [-0.39, 0.29) is 18.0 Å². The lowest BCUT2D eigenvalue weighted by Gasteiger charge is -2.30. The molecule has 0 aromatic heterocycles. The topological polar surface area (TPSA) is 20.3 Å². The van der Waals surface area contributed by atoms with Crippen LogP contribution in [0.1, 0.15) is 55.8 Å². The van der Waals surface area contributed by atoms with Crippen molar-refractivity contribution in [3.63, 3.8) is 0 Å². The maximum Gasteiger partial charge on any atom is 0.247 e. The zero-order chi connectivity index (χ0) is 16.8. The number of likely N-dealkylation sites (tertiary alicyclic amines) is 1. The molecule has 0 aliphatic carbocycles. The summed E-state index contributed by atoms with van der Waals surface area (Å²) in [5.41, 5.74) is 2.46. The normalized spacial score (nSPS) is 20.6. The summed E-state index contributed by atoms with van der Waals surface area (Å²) in [4.78, 5) is 15.0. The van der Waals surface area contributed by atoms with Gasteiger partial charge in [0.15, 0.2) is 0 Å². The van der Waals surface area contributed by atoms with Gasteiger partial charge in [0.25, 0.3) is 0 Å². The highest BCUT2D eigenvalue weighted by molar-refractivity contribution is 5.88. The van der Waals surface area contributed by atoms with Gasteiger partial charge in [-0.15, -0.1) is 0 Å². The Balaban J connectivity index is 1.91. The fraction of sp³-hybridized carbons (Fsp3) is 0.318. The first-order chi connectivity index (χ1) is 11.8. The Morgan fingerprint density at radius 3 is 1.92 bits per heavy atom. The summed E-state index contributed by atoms with van der Waals surface area (Å²) in [6.07, 6.45) is 7.80. The third-order valence-corrected chi connectivity index (χ3v) is 4.72. The van der Waals surface area contributed by atoms with E-state index < -0.39 is 0 Å². The van der Waals surface area contributed by atoms with Gasteiger partial charge < -0.3 is 4.90 Å². The molecule has 1 saturated heterocycles. The van der Waals surface area contributed by atoms with Gasteiger partial charge in [0.2, 0.25) is 5.91 Å². The third kappa shape index (κ3) is 3.59. The van der Waals surface area contributed by atoms with Crippen molar-refractivity contribution in [1.82, 2.24) is 4.90 Å². The molecule has 24 heavy (non-hydrogen) atoms. The van der Waals surface area contributed by atoms with Crippen molar-refractivity contribution in [3.8, 4) is 0 Å². The number of carbonyl (C=O) groups excluding carboxylic acids is 1. The summed E-state index contributed by atoms with van der Waals surface area (Å²) in [5, 5.41) is 0. The molecule has 3 rings (SSSR count). The number of amides is 1. The molecule has 0 N–H and O–H groups in total. The quantitative estimate of drug-likeness (QED) is 0.671. The van der Waals surface area contributed by atoms with Crippen molar-refractivity contribution >= 4 is 5.91 Å². The number of carbonyl (C=O) groups is 1. The van der Waals surface area contributed by atoms with Crippen LogP contribution in [0.5, 0.6) is 0 Å². The van der Waals surface area contributed by atoms with E-state index in [4.69, 9.17) is 0 Å². The predicted octanol–water partition coefficient (Wildman–Crippen LogP) is 5.45. The zero-order valence-corrected chi connectivity index (χ0v) is 14.3. The molecule has 2 aromatic rings. The van der Waals surface area contributed by atoms with Gasteiger partial charge in [-0.25, -0.2) is 0 Å². The molecule has 1 aliphatic rings. The minimum absolute atomic E-state index is 0.128. The maximum atomic E-state index is 12.9. The van der Waals surface area contributed by atoms with Gasteiger partial charge in [0.1, 0.15) is 0 Å². The Labute approximate surface area is 144 Å². The Morgan fingerprint density at radius 1 is 0.958 bits per heavy atom. The zero-order valence-electron chi connectivity index (χ0n) is 14.3. The number of hydrogen-bond donors (Lipinski definition) is 0. The first kappa shape index (κ1) is 16.5. The fourth-order valence-corrected chi connectivity index (χ4v) is 3.56. The van der Waals surface area contributed by atoms with E-state index in [2.05, 4.69) is 60.4 Å². The Morgan fingerprint density at radius 2 is 1.46 bits per heavy atom. The van der Waals surface area contributed by atoms with Crippen molar-refractivity contribution in [2.75, 3.05) is 0 Å². The van der Waals surface area contributed by atoms with Crippen LogP contribution in [0.15, 0.2) is 72.8 Å². The van der Waals surface area contributed by atoms with E-state index >= 15 is 0 Å². The van der Waals surface area contributed by atoms with E-state index in [1.807, 2.05) is 18.2 Å². The summed E-state index contributed by atoms with van der Waals surface area (Å²) in [5.74, 6) is 0.128. The molecule has 1 aliphatic heterocycles. The average molecular weight is 319 g/mol. The maximum absolute atomic E-state index is 12.9. The van der Waals surface area contributed by atoms with Gasteiger partial charge in [0.05, 0.1) is 12.1 Å². The average Bonchev–Trinajstić information content (AvgIpc) is 3.08. The molecular formula is C22H25NO. The molecule has 1 fully saturated rings. The first-order valence-electron chi connectivity index (χ1n) is 8.90.